The van der Waals surface area contributed by atoms with E-state index in [4.69, 9.17) is 5.73 Å². The lowest BCUT2D eigenvalue weighted by molar-refractivity contribution is -0.119. The van der Waals surface area contributed by atoms with Crippen LogP contribution in [0.25, 0.3) is 0 Å². The van der Waals surface area contributed by atoms with Crippen LogP contribution in [0.4, 0.5) is 0 Å². The van der Waals surface area contributed by atoms with Gasteiger partial charge in [0.2, 0.25) is 0 Å². The highest BCUT2D eigenvalue weighted by molar-refractivity contribution is 5.78. The van der Waals surface area contributed by atoms with Gasteiger partial charge >= 0.3 is 0 Å². The molecule has 0 fully saturated rings. The minimum atomic E-state index is 0.351. The van der Waals surface area contributed by atoms with Gasteiger partial charge in [0.15, 0.2) is 0 Å². The first-order valence-electron chi connectivity index (χ1n) is 7.23. The molecule has 1 aromatic heterocycles. The summed E-state index contributed by atoms with van der Waals surface area (Å²) in [5.74, 6) is 1.53. The number of rotatable bonds is 9. The second kappa shape index (κ2) is 8.10. The summed E-state index contributed by atoms with van der Waals surface area (Å²) >= 11 is 0. The number of nitrogens with zero attached hydrogens (tertiary/aromatic N) is 2. The Morgan fingerprint density at radius 1 is 1.37 bits per heavy atom. The summed E-state index contributed by atoms with van der Waals surface area (Å²) < 4.78 is 1.83. The van der Waals surface area contributed by atoms with Crippen molar-refractivity contribution >= 4 is 5.78 Å². The van der Waals surface area contributed by atoms with Crippen LogP contribution in [0.5, 0.6) is 0 Å². The van der Waals surface area contributed by atoms with E-state index in [0.717, 1.165) is 25.0 Å². The molecule has 0 bridgehead atoms. The van der Waals surface area contributed by atoms with Gasteiger partial charge in [-0.2, -0.15) is 5.10 Å². The van der Waals surface area contributed by atoms with Gasteiger partial charge in [0, 0.05) is 31.8 Å². The molecular formula is C15H27N3O. The fourth-order valence-corrected chi connectivity index (χ4v) is 2.41. The number of ketones is 1. The molecule has 0 saturated carbocycles. The lowest BCUT2D eigenvalue weighted by atomic mass is 9.87. The summed E-state index contributed by atoms with van der Waals surface area (Å²) in [6.07, 6.45) is 5.86. The fourth-order valence-electron chi connectivity index (χ4n) is 2.41. The van der Waals surface area contributed by atoms with Crippen molar-refractivity contribution in [2.24, 2.45) is 24.6 Å². The van der Waals surface area contributed by atoms with Crippen molar-refractivity contribution in [2.45, 2.75) is 46.0 Å². The van der Waals surface area contributed by atoms with Crippen LogP contribution in [0.15, 0.2) is 12.3 Å². The highest BCUT2D eigenvalue weighted by atomic mass is 16.1. The van der Waals surface area contributed by atoms with Gasteiger partial charge in [0.25, 0.3) is 0 Å². The van der Waals surface area contributed by atoms with Crippen molar-refractivity contribution < 1.29 is 4.79 Å². The van der Waals surface area contributed by atoms with Crippen molar-refractivity contribution in [1.82, 2.24) is 9.78 Å². The molecule has 1 rings (SSSR count). The summed E-state index contributed by atoms with van der Waals surface area (Å²) in [4.78, 5) is 11.9. The third kappa shape index (κ3) is 5.55. The zero-order chi connectivity index (χ0) is 14.3. The Bertz CT molecular complexity index is 384. The van der Waals surface area contributed by atoms with Gasteiger partial charge in [-0.1, -0.05) is 13.8 Å². The average Bonchev–Trinajstić information content (AvgIpc) is 2.77. The fraction of sp³-hybridized carbons (Fsp3) is 0.733. The Morgan fingerprint density at radius 3 is 2.63 bits per heavy atom. The number of nitrogens with two attached hydrogens (primary N) is 1. The quantitative estimate of drug-likeness (QED) is 0.745. The van der Waals surface area contributed by atoms with E-state index in [9.17, 15) is 4.79 Å². The molecule has 0 aliphatic carbocycles. The number of hydrogen-bond acceptors (Lipinski definition) is 3. The SMILES string of the molecule is CC(C)C(CCN)CCC(=O)CCc1ccnn1C. The lowest BCUT2D eigenvalue weighted by Gasteiger charge is -2.19. The highest BCUT2D eigenvalue weighted by Gasteiger charge is 2.14. The topological polar surface area (TPSA) is 60.9 Å². The molecule has 0 aliphatic rings. The highest BCUT2D eigenvalue weighted by Crippen LogP contribution is 2.21. The van der Waals surface area contributed by atoms with Gasteiger partial charge in [0.05, 0.1) is 0 Å². The third-order valence-corrected chi connectivity index (χ3v) is 3.86. The molecular weight excluding hydrogens is 238 g/mol. The van der Waals surface area contributed by atoms with Gasteiger partial charge in [0.1, 0.15) is 5.78 Å². The zero-order valence-electron chi connectivity index (χ0n) is 12.4. The number of Topliss-reactive ketones (excluding diaryl/α,β-unsaturated/α-hetero) is 1. The Labute approximate surface area is 116 Å². The molecule has 1 aromatic rings. The minimum Gasteiger partial charge on any atom is -0.330 e. The van der Waals surface area contributed by atoms with Crippen molar-refractivity contribution in [3.63, 3.8) is 0 Å². The smallest absolute Gasteiger partial charge is 0.133 e. The number of aromatic nitrogens is 2. The van der Waals surface area contributed by atoms with Crippen LogP contribution in [0, 0.1) is 11.8 Å². The molecule has 1 heterocycles. The van der Waals surface area contributed by atoms with Crippen molar-refractivity contribution in [3.05, 3.63) is 18.0 Å². The van der Waals surface area contributed by atoms with Crippen molar-refractivity contribution in [1.29, 1.82) is 0 Å². The molecule has 0 amide bonds. The monoisotopic (exact) mass is 265 g/mol. The van der Waals surface area contributed by atoms with Gasteiger partial charge in [-0.3, -0.25) is 9.48 Å². The van der Waals surface area contributed by atoms with Gasteiger partial charge in [-0.25, -0.2) is 0 Å². The number of carbonyl (C=O) groups is 1. The maximum atomic E-state index is 11.9. The molecule has 0 saturated heterocycles. The molecule has 108 valence electrons. The maximum absolute atomic E-state index is 11.9. The predicted octanol–water partition coefficient (Wildman–Crippen LogP) is 2.32. The van der Waals surface area contributed by atoms with E-state index in [1.807, 2.05) is 17.8 Å². The molecule has 4 heteroatoms. The van der Waals surface area contributed by atoms with Crippen LogP contribution >= 0.6 is 0 Å². The van der Waals surface area contributed by atoms with E-state index < -0.39 is 0 Å². The lowest BCUT2D eigenvalue weighted by Crippen LogP contribution is -2.16. The first kappa shape index (κ1) is 15.9. The summed E-state index contributed by atoms with van der Waals surface area (Å²) in [5, 5.41) is 4.11. The number of carbonyl (C=O) groups excluding carboxylic acids is 1. The van der Waals surface area contributed by atoms with Crippen LogP contribution in [0.3, 0.4) is 0 Å². The summed E-state index contributed by atoms with van der Waals surface area (Å²) in [5.41, 5.74) is 6.74. The maximum Gasteiger partial charge on any atom is 0.133 e. The molecule has 0 radical (unpaired) electrons. The first-order chi connectivity index (χ1) is 9.04. The largest absolute Gasteiger partial charge is 0.330 e. The van der Waals surface area contributed by atoms with Crippen LogP contribution in [-0.2, 0) is 18.3 Å². The van der Waals surface area contributed by atoms with Gasteiger partial charge in [-0.05, 0) is 43.7 Å². The van der Waals surface area contributed by atoms with Crippen LogP contribution in [0.2, 0.25) is 0 Å². The summed E-state index contributed by atoms with van der Waals surface area (Å²) in [7, 11) is 1.91. The van der Waals surface area contributed by atoms with Gasteiger partial charge < -0.3 is 5.73 Å². The molecule has 0 aliphatic heterocycles. The molecule has 0 spiro atoms. The van der Waals surface area contributed by atoms with E-state index in [2.05, 4.69) is 18.9 Å². The Hall–Kier alpha value is -1.16. The van der Waals surface area contributed by atoms with E-state index in [-0.39, 0.29) is 0 Å². The first-order valence-corrected chi connectivity index (χ1v) is 7.23. The molecule has 19 heavy (non-hydrogen) atoms. The Balaban J connectivity index is 2.29. The Morgan fingerprint density at radius 2 is 2.11 bits per heavy atom. The average molecular weight is 265 g/mol. The standard InChI is InChI=1S/C15H27N3O/c1-12(2)13(8-10-16)4-6-15(19)7-5-14-9-11-17-18(14)3/h9,11-13H,4-8,10,16H2,1-3H3. The van der Waals surface area contributed by atoms with E-state index in [1.54, 1.807) is 6.20 Å². The molecule has 2 N–H and O–H groups in total. The van der Waals surface area contributed by atoms with Crippen molar-refractivity contribution in [2.75, 3.05) is 6.54 Å². The van der Waals surface area contributed by atoms with Crippen LogP contribution in [0.1, 0.15) is 45.2 Å². The minimum absolute atomic E-state index is 0.351. The molecule has 1 unspecified atom stereocenters. The summed E-state index contributed by atoms with van der Waals surface area (Å²) in [6, 6.07) is 1.97. The molecule has 0 aromatic carbocycles. The van der Waals surface area contributed by atoms with E-state index in [0.29, 0.717) is 37.0 Å². The zero-order valence-corrected chi connectivity index (χ0v) is 12.4. The predicted molar refractivity (Wildman–Crippen MR) is 77.8 cm³/mol. The Kier molecular flexibility index (Phi) is 6.78. The number of hydrogen-bond donors (Lipinski definition) is 1. The van der Waals surface area contributed by atoms with E-state index in [1.165, 1.54) is 0 Å². The van der Waals surface area contributed by atoms with E-state index >= 15 is 0 Å². The second-order valence-corrected chi connectivity index (χ2v) is 5.60. The van der Waals surface area contributed by atoms with Crippen LogP contribution < -0.4 is 5.73 Å². The van der Waals surface area contributed by atoms with Crippen LogP contribution in [-0.4, -0.2) is 22.1 Å². The normalized spacial score (nSPS) is 12.9. The molecule has 1 atom stereocenters. The third-order valence-electron chi connectivity index (χ3n) is 3.86. The molecule has 4 nitrogen and oxygen atoms in total. The second-order valence-electron chi connectivity index (χ2n) is 5.60. The number of aryl methyl sites for hydroxylation is 2. The van der Waals surface area contributed by atoms with Gasteiger partial charge in [-0.15, -0.1) is 0 Å². The summed E-state index contributed by atoms with van der Waals surface area (Å²) in [6.45, 7) is 5.13. The van der Waals surface area contributed by atoms with Crippen molar-refractivity contribution in [3.8, 4) is 0 Å².